The molecule has 0 aliphatic heterocycles. The van der Waals surface area contributed by atoms with Crippen LogP contribution in [-0.2, 0) is 16.8 Å². The molecule has 1 heterocycles. The SMILES string of the molecule is CC(=NNc1ccccc1)c1cccc(C(C)=NNc2ccccc2)n1.[Cl-].[Cl-].[Cl-].[Co+3]. The Labute approximate surface area is 206 Å². The number of rotatable bonds is 6. The van der Waals surface area contributed by atoms with Crippen LogP contribution < -0.4 is 48.1 Å². The first-order valence-corrected chi connectivity index (χ1v) is 8.41. The Bertz CT molecular complexity index is 849. The summed E-state index contributed by atoms with van der Waals surface area (Å²) in [6.07, 6.45) is 0. The third-order valence-corrected chi connectivity index (χ3v) is 3.74. The number of halogens is 3. The molecule has 0 amide bonds. The van der Waals surface area contributed by atoms with Gasteiger partial charge in [-0.3, -0.25) is 10.9 Å². The Balaban J connectivity index is 0. The molecule has 2 N–H and O–H groups in total. The molecule has 0 saturated carbocycles. The quantitative estimate of drug-likeness (QED) is 0.262. The van der Waals surface area contributed by atoms with Gasteiger partial charge in [-0.15, -0.1) is 0 Å². The van der Waals surface area contributed by atoms with Gasteiger partial charge in [-0.2, -0.15) is 10.2 Å². The van der Waals surface area contributed by atoms with Crippen LogP contribution in [0.1, 0.15) is 25.2 Å². The van der Waals surface area contributed by atoms with Crippen LogP contribution in [0.3, 0.4) is 0 Å². The normalized spacial score (nSPS) is 10.3. The van der Waals surface area contributed by atoms with E-state index in [1.165, 1.54) is 0 Å². The van der Waals surface area contributed by atoms with Crippen LogP contribution in [0.4, 0.5) is 11.4 Å². The van der Waals surface area contributed by atoms with Crippen molar-refractivity contribution in [2.45, 2.75) is 13.8 Å². The van der Waals surface area contributed by atoms with E-state index in [1.807, 2.05) is 92.7 Å². The summed E-state index contributed by atoms with van der Waals surface area (Å²) in [5.74, 6) is 0. The van der Waals surface area contributed by atoms with Crippen molar-refractivity contribution in [3.63, 3.8) is 0 Å². The number of anilines is 2. The number of pyridine rings is 1. The number of nitrogens with one attached hydrogen (secondary N) is 2. The second-order valence-corrected chi connectivity index (χ2v) is 5.76. The molecule has 0 unspecified atom stereocenters. The van der Waals surface area contributed by atoms with E-state index >= 15 is 0 Å². The standard InChI is InChI=1S/C21H21N5.3ClH.Co/c1-16(23-25-18-10-5-3-6-11-18)20-14-9-15-21(22-20)17(2)24-26-19-12-7-4-8-13-19;;;;/h3-15,25-26H,1-2H3;3*1H;/q;;;;+3/p-3. The van der Waals surface area contributed by atoms with Crippen LogP contribution >= 0.6 is 0 Å². The molecule has 1 aromatic heterocycles. The van der Waals surface area contributed by atoms with E-state index in [1.54, 1.807) is 0 Å². The summed E-state index contributed by atoms with van der Waals surface area (Å²) in [4.78, 5) is 4.66. The van der Waals surface area contributed by atoms with Gasteiger partial charge in [0.05, 0.1) is 34.2 Å². The Morgan fingerprint density at radius 2 is 0.967 bits per heavy atom. The Morgan fingerprint density at radius 1 is 0.600 bits per heavy atom. The van der Waals surface area contributed by atoms with Crippen molar-refractivity contribution in [1.82, 2.24) is 4.98 Å². The molecule has 0 bridgehead atoms. The predicted molar refractivity (Wildman–Crippen MR) is 109 cm³/mol. The molecule has 0 aliphatic rings. The van der Waals surface area contributed by atoms with E-state index in [0.717, 1.165) is 34.2 Å². The van der Waals surface area contributed by atoms with Crippen molar-refractivity contribution in [2.75, 3.05) is 10.9 Å². The fourth-order valence-electron chi connectivity index (χ4n) is 2.27. The third kappa shape index (κ3) is 9.15. The number of benzene rings is 2. The van der Waals surface area contributed by atoms with Gasteiger partial charge < -0.3 is 37.2 Å². The van der Waals surface area contributed by atoms with Crippen molar-refractivity contribution in [3.05, 3.63) is 90.3 Å². The van der Waals surface area contributed by atoms with Crippen molar-refractivity contribution in [2.24, 2.45) is 10.2 Å². The zero-order valence-corrected chi connectivity index (χ0v) is 19.6. The molecule has 30 heavy (non-hydrogen) atoms. The molecule has 3 rings (SSSR count). The fraction of sp³-hybridized carbons (Fsp3) is 0.0952. The summed E-state index contributed by atoms with van der Waals surface area (Å²) < 4.78 is 0. The summed E-state index contributed by atoms with van der Waals surface area (Å²) in [5.41, 5.74) is 11.2. The van der Waals surface area contributed by atoms with E-state index in [4.69, 9.17) is 0 Å². The van der Waals surface area contributed by atoms with Crippen molar-refractivity contribution in [3.8, 4) is 0 Å². The van der Waals surface area contributed by atoms with Crippen LogP contribution in [0, 0.1) is 0 Å². The van der Waals surface area contributed by atoms with E-state index in [9.17, 15) is 0 Å². The Kier molecular flexibility index (Phi) is 15.8. The average Bonchev–Trinajstić information content (AvgIpc) is 2.72. The number of nitrogens with zero attached hydrogens (tertiary/aromatic N) is 3. The van der Waals surface area contributed by atoms with Gasteiger partial charge in [0.1, 0.15) is 0 Å². The Morgan fingerprint density at radius 3 is 1.33 bits per heavy atom. The van der Waals surface area contributed by atoms with Crippen LogP contribution in [-0.4, -0.2) is 16.4 Å². The minimum absolute atomic E-state index is 0. The molecule has 160 valence electrons. The van der Waals surface area contributed by atoms with Gasteiger partial charge in [0.2, 0.25) is 0 Å². The number of hydrazone groups is 2. The van der Waals surface area contributed by atoms with Gasteiger partial charge in [-0.05, 0) is 50.2 Å². The molecular formula is C21H21Cl3CoN5. The van der Waals surface area contributed by atoms with Gasteiger partial charge in [-0.1, -0.05) is 42.5 Å². The van der Waals surface area contributed by atoms with Crippen LogP contribution in [0.2, 0.25) is 0 Å². The summed E-state index contributed by atoms with van der Waals surface area (Å²) in [5, 5.41) is 8.81. The molecule has 0 spiro atoms. The molecule has 0 atom stereocenters. The number of hydrogen-bond acceptors (Lipinski definition) is 5. The monoisotopic (exact) mass is 507 g/mol. The van der Waals surface area contributed by atoms with Gasteiger partial charge in [-0.25, -0.2) is 4.98 Å². The first kappa shape index (κ1) is 30.1. The minimum Gasteiger partial charge on any atom is -1.00 e. The molecule has 2 aromatic carbocycles. The second-order valence-electron chi connectivity index (χ2n) is 5.76. The maximum absolute atomic E-state index is 4.66. The first-order valence-electron chi connectivity index (χ1n) is 8.41. The van der Waals surface area contributed by atoms with Crippen molar-refractivity contribution in [1.29, 1.82) is 0 Å². The molecule has 9 heteroatoms. The van der Waals surface area contributed by atoms with Crippen molar-refractivity contribution < 1.29 is 54.0 Å². The fourth-order valence-corrected chi connectivity index (χ4v) is 2.27. The molecule has 0 aliphatic carbocycles. The topological polar surface area (TPSA) is 61.7 Å². The summed E-state index contributed by atoms with van der Waals surface area (Å²) in [6.45, 7) is 3.85. The van der Waals surface area contributed by atoms with Gasteiger partial charge >= 0.3 is 16.8 Å². The van der Waals surface area contributed by atoms with E-state index in [-0.39, 0.29) is 54.0 Å². The largest absolute Gasteiger partial charge is 3.00 e. The van der Waals surface area contributed by atoms with Crippen molar-refractivity contribution >= 4 is 22.8 Å². The second kappa shape index (κ2) is 15.7. The molecular weight excluding hydrogens is 488 g/mol. The average molecular weight is 509 g/mol. The number of para-hydroxylation sites is 2. The molecule has 0 fully saturated rings. The predicted octanol–water partition coefficient (Wildman–Crippen LogP) is -4.24. The summed E-state index contributed by atoms with van der Waals surface area (Å²) in [7, 11) is 0. The van der Waals surface area contributed by atoms with Crippen LogP contribution in [0.5, 0.6) is 0 Å². The maximum atomic E-state index is 4.66. The van der Waals surface area contributed by atoms with E-state index < -0.39 is 0 Å². The van der Waals surface area contributed by atoms with E-state index in [0.29, 0.717) is 0 Å². The maximum Gasteiger partial charge on any atom is 3.00 e. The van der Waals surface area contributed by atoms with Crippen LogP contribution in [0.25, 0.3) is 0 Å². The molecule has 5 nitrogen and oxygen atoms in total. The summed E-state index contributed by atoms with van der Waals surface area (Å²) >= 11 is 0. The smallest absolute Gasteiger partial charge is 1.00 e. The number of hydrogen-bond donors (Lipinski definition) is 2. The first-order chi connectivity index (χ1) is 12.7. The van der Waals surface area contributed by atoms with Gasteiger partial charge in [0.25, 0.3) is 0 Å². The Hall–Kier alpha value is -2.09. The van der Waals surface area contributed by atoms with E-state index in [2.05, 4.69) is 26.0 Å². The zero-order chi connectivity index (χ0) is 18.2. The summed E-state index contributed by atoms with van der Waals surface area (Å²) in [6, 6.07) is 25.5. The molecule has 0 radical (unpaired) electrons. The number of aromatic nitrogens is 1. The zero-order valence-electron chi connectivity index (χ0n) is 16.3. The third-order valence-electron chi connectivity index (χ3n) is 3.74. The molecule has 0 saturated heterocycles. The molecule has 3 aromatic rings. The van der Waals surface area contributed by atoms with Gasteiger partial charge in [0.15, 0.2) is 0 Å². The van der Waals surface area contributed by atoms with Crippen LogP contribution in [0.15, 0.2) is 89.1 Å². The minimum atomic E-state index is 0. The van der Waals surface area contributed by atoms with Gasteiger partial charge in [0, 0.05) is 0 Å².